The van der Waals surface area contributed by atoms with Gasteiger partial charge in [0.25, 0.3) is 0 Å². The summed E-state index contributed by atoms with van der Waals surface area (Å²) in [7, 11) is 0. The van der Waals surface area contributed by atoms with E-state index in [1.165, 1.54) is 0 Å². The Kier molecular flexibility index (Phi) is 4.53. The van der Waals surface area contributed by atoms with Crippen LogP contribution in [0.4, 0.5) is 0 Å². The van der Waals surface area contributed by atoms with Crippen LogP contribution in [0, 0.1) is 0 Å². The highest BCUT2D eigenvalue weighted by Gasteiger charge is 2.55. The quantitative estimate of drug-likeness (QED) is 0.378. The first-order chi connectivity index (χ1) is 6.84. The number of aliphatic hydroxyl groups is 5. The zero-order valence-electron chi connectivity index (χ0n) is 7.49. The first kappa shape index (κ1) is 13.8. The van der Waals surface area contributed by atoms with Gasteiger partial charge in [0.2, 0.25) is 5.79 Å². The molecule has 0 aromatic carbocycles. The van der Waals surface area contributed by atoms with Gasteiger partial charge in [0.15, 0.2) is 0 Å². The van der Waals surface area contributed by atoms with E-state index < -0.39 is 40.5 Å². The predicted molar refractivity (Wildman–Crippen MR) is 56.6 cm³/mol. The predicted octanol–water partition coefficient (Wildman–Crippen LogP) is -1.74. The van der Waals surface area contributed by atoms with Crippen molar-refractivity contribution in [3.8, 4) is 0 Å². The van der Waals surface area contributed by atoms with Gasteiger partial charge in [-0.1, -0.05) is 31.9 Å². The Hall–Kier alpha value is 0.720. The van der Waals surface area contributed by atoms with E-state index in [0.29, 0.717) is 0 Å². The highest BCUT2D eigenvalue weighted by atomic mass is 79.9. The maximum Gasteiger partial charge on any atom is 0.218 e. The van der Waals surface area contributed by atoms with E-state index in [-0.39, 0.29) is 0 Å². The van der Waals surface area contributed by atoms with E-state index in [4.69, 9.17) is 9.84 Å². The van der Waals surface area contributed by atoms with Gasteiger partial charge in [-0.2, -0.15) is 0 Å². The van der Waals surface area contributed by atoms with Gasteiger partial charge in [0.1, 0.15) is 28.2 Å². The summed E-state index contributed by atoms with van der Waals surface area (Å²) >= 11 is 5.89. The minimum Gasteiger partial charge on any atom is -0.394 e. The third kappa shape index (κ3) is 2.37. The molecule has 0 unspecified atom stereocenters. The van der Waals surface area contributed by atoms with Crippen LogP contribution in [0.5, 0.6) is 0 Å². The van der Waals surface area contributed by atoms with Crippen LogP contribution >= 0.6 is 31.9 Å². The Balaban J connectivity index is 2.92. The summed E-state index contributed by atoms with van der Waals surface area (Å²) in [6.45, 7) is -0.583. The van der Waals surface area contributed by atoms with Gasteiger partial charge in [-0.05, 0) is 0 Å². The van der Waals surface area contributed by atoms with Gasteiger partial charge >= 0.3 is 0 Å². The lowest BCUT2D eigenvalue weighted by molar-refractivity contribution is -0.340. The van der Waals surface area contributed by atoms with Crippen molar-refractivity contribution in [3.63, 3.8) is 0 Å². The van der Waals surface area contributed by atoms with Crippen molar-refractivity contribution in [1.29, 1.82) is 0 Å². The normalized spacial score (nSPS) is 47.2. The molecule has 8 heteroatoms. The molecule has 1 fully saturated rings. The lowest BCUT2D eigenvalue weighted by atomic mass is 9.94. The summed E-state index contributed by atoms with van der Waals surface area (Å²) in [5, 5.41) is 47.1. The smallest absolute Gasteiger partial charge is 0.218 e. The molecule has 15 heavy (non-hydrogen) atoms. The molecule has 5 N–H and O–H groups in total. The van der Waals surface area contributed by atoms with Crippen molar-refractivity contribution in [2.45, 2.75) is 33.9 Å². The molecule has 1 heterocycles. The van der Waals surface area contributed by atoms with Crippen LogP contribution in [0.2, 0.25) is 0 Å². The second-order valence-corrected chi connectivity index (χ2v) is 6.38. The fourth-order valence-corrected chi connectivity index (χ4v) is 2.12. The molecule has 0 aromatic heterocycles. The molecule has 0 bridgehead atoms. The Morgan fingerprint density at radius 3 is 2.13 bits per heavy atom. The van der Waals surface area contributed by atoms with Crippen molar-refractivity contribution in [3.05, 3.63) is 0 Å². The first-order valence-corrected chi connectivity index (χ1v) is 6.01. The molecule has 1 rings (SSSR count). The number of hydrogen-bond donors (Lipinski definition) is 5. The van der Waals surface area contributed by atoms with Crippen molar-refractivity contribution in [1.82, 2.24) is 0 Å². The molecular weight excluding hydrogens is 340 g/mol. The number of halogens is 2. The van der Waals surface area contributed by atoms with Gasteiger partial charge in [-0.25, -0.2) is 0 Å². The summed E-state index contributed by atoms with van der Waals surface area (Å²) < 4.78 is 4.07. The van der Waals surface area contributed by atoms with Crippen LogP contribution in [0.1, 0.15) is 0 Å². The third-order valence-corrected chi connectivity index (χ3v) is 3.62. The molecule has 6 nitrogen and oxygen atoms in total. The third-order valence-electron chi connectivity index (χ3n) is 2.31. The number of aliphatic hydroxyl groups excluding tert-OH is 4. The number of hydrogen-bond acceptors (Lipinski definition) is 6. The second-order valence-electron chi connectivity index (χ2n) is 3.32. The van der Waals surface area contributed by atoms with Crippen LogP contribution in [0.25, 0.3) is 0 Å². The van der Waals surface area contributed by atoms with Gasteiger partial charge in [0.05, 0.1) is 6.61 Å². The summed E-state index contributed by atoms with van der Waals surface area (Å²) in [6, 6.07) is 0. The van der Waals surface area contributed by atoms with Crippen molar-refractivity contribution in [2.24, 2.45) is 0 Å². The monoisotopic (exact) mass is 350 g/mol. The highest BCUT2D eigenvalue weighted by Crippen LogP contribution is 2.36. The van der Waals surface area contributed by atoms with Crippen LogP contribution in [0.15, 0.2) is 0 Å². The molecule has 5 atom stereocenters. The Morgan fingerprint density at radius 2 is 1.73 bits per heavy atom. The van der Waals surface area contributed by atoms with Crippen LogP contribution < -0.4 is 0 Å². The molecular formula is C7H12Br2O6. The molecule has 1 aliphatic rings. The van der Waals surface area contributed by atoms with Crippen molar-refractivity contribution in [2.75, 3.05) is 6.61 Å². The van der Waals surface area contributed by atoms with E-state index in [1.807, 2.05) is 0 Å². The van der Waals surface area contributed by atoms with Gasteiger partial charge in [-0.15, -0.1) is 0 Å². The van der Waals surface area contributed by atoms with E-state index in [0.717, 1.165) is 0 Å². The Morgan fingerprint density at radius 1 is 1.20 bits per heavy atom. The van der Waals surface area contributed by atoms with Crippen molar-refractivity contribution >= 4 is 31.9 Å². The molecule has 1 aliphatic heterocycles. The lowest BCUT2D eigenvalue weighted by Gasteiger charge is -2.46. The maximum absolute atomic E-state index is 9.86. The largest absolute Gasteiger partial charge is 0.394 e. The van der Waals surface area contributed by atoms with Gasteiger partial charge in [-0.3, -0.25) is 0 Å². The van der Waals surface area contributed by atoms with E-state index >= 15 is 0 Å². The lowest BCUT2D eigenvalue weighted by Crippen LogP contribution is -2.67. The average Bonchev–Trinajstić information content (AvgIpc) is 2.20. The van der Waals surface area contributed by atoms with Gasteiger partial charge < -0.3 is 30.3 Å². The van der Waals surface area contributed by atoms with Gasteiger partial charge in [0, 0.05) is 0 Å². The summed E-state index contributed by atoms with van der Waals surface area (Å²) in [5.41, 5.74) is 0. The number of alkyl halides is 2. The average molecular weight is 352 g/mol. The summed E-state index contributed by atoms with van der Waals surface area (Å²) in [4.78, 5) is 0. The molecule has 0 aromatic rings. The minimum atomic E-state index is -2.12. The van der Waals surface area contributed by atoms with E-state index in [9.17, 15) is 20.4 Å². The van der Waals surface area contributed by atoms with Crippen LogP contribution in [-0.2, 0) is 4.74 Å². The highest BCUT2D eigenvalue weighted by molar-refractivity contribution is 9.24. The molecule has 0 radical (unpaired) electrons. The number of rotatable bonds is 2. The first-order valence-electron chi connectivity index (χ1n) is 4.18. The standard InChI is InChI=1S/C7H12Br2O6/c8-6(9)7(14)5(13)4(12)3(11)2(1-10)15-7/h2-6,10-14H,1H2/t2-,3-,4+,5-,7-/m1/s1. The molecule has 0 aliphatic carbocycles. The summed E-state index contributed by atoms with van der Waals surface area (Å²) in [5.74, 6) is -2.12. The molecule has 0 spiro atoms. The Labute approximate surface area is 103 Å². The molecule has 1 saturated heterocycles. The van der Waals surface area contributed by atoms with Crippen LogP contribution in [-0.4, -0.2) is 66.1 Å². The Bertz CT molecular complexity index is 226. The molecule has 0 amide bonds. The van der Waals surface area contributed by atoms with E-state index in [1.54, 1.807) is 0 Å². The molecule has 0 saturated carbocycles. The fourth-order valence-electron chi connectivity index (χ4n) is 1.36. The van der Waals surface area contributed by atoms with Crippen molar-refractivity contribution < 1.29 is 30.3 Å². The fraction of sp³-hybridized carbons (Fsp3) is 1.00. The SMILES string of the molecule is OC[C@H]1O[C@@](O)(C(Br)Br)[C@H](O)[C@@H](O)[C@@H]1O. The maximum atomic E-state index is 9.86. The molecule has 90 valence electrons. The topological polar surface area (TPSA) is 110 Å². The second kappa shape index (κ2) is 4.92. The minimum absolute atomic E-state index is 0.583. The zero-order chi connectivity index (χ0) is 11.8. The number of ether oxygens (including phenoxy) is 1. The van der Waals surface area contributed by atoms with Crippen LogP contribution in [0.3, 0.4) is 0 Å². The summed E-state index contributed by atoms with van der Waals surface area (Å²) in [6.07, 6.45) is -5.91. The van der Waals surface area contributed by atoms with E-state index in [2.05, 4.69) is 31.9 Å². The zero-order valence-corrected chi connectivity index (χ0v) is 10.7.